The molecule has 0 unspecified atom stereocenters. The monoisotopic (exact) mass is 631 g/mol. The van der Waals surface area contributed by atoms with Gasteiger partial charge >= 0.3 is 6.09 Å². The molecule has 244 valence electrons. The average molecular weight is 632 g/mol. The molecule has 1 heterocycles. The van der Waals surface area contributed by atoms with Crippen LogP contribution in [0, 0.1) is 5.92 Å². The fourth-order valence-electron chi connectivity index (χ4n) is 5.56. The predicted octanol–water partition coefficient (Wildman–Crippen LogP) is 4.01. The van der Waals surface area contributed by atoms with Crippen molar-refractivity contribution in [2.24, 2.45) is 5.92 Å². The number of imidazole rings is 1. The van der Waals surface area contributed by atoms with Gasteiger partial charge in [-0.15, -0.1) is 0 Å². The number of carbonyl (C=O) groups excluding carboxylic acids is 3. The van der Waals surface area contributed by atoms with Crippen molar-refractivity contribution in [3.8, 4) is 0 Å². The van der Waals surface area contributed by atoms with Gasteiger partial charge < -0.3 is 35.3 Å². The Morgan fingerprint density at radius 2 is 1.64 bits per heavy atom. The number of rotatable bonds is 14. The van der Waals surface area contributed by atoms with Crippen LogP contribution in [0.2, 0.25) is 0 Å². The lowest BCUT2D eigenvalue weighted by atomic mass is 9.83. The highest BCUT2D eigenvalue weighted by atomic mass is 31.2. The lowest BCUT2D eigenvalue weighted by Crippen LogP contribution is -2.58. The van der Waals surface area contributed by atoms with Gasteiger partial charge in [0.2, 0.25) is 11.8 Å². The van der Waals surface area contributed by atoms with Crippen molar-refractivity contribution >= 4 is 25.0 Å². The van der Waals surface area contributed by atoms with E-state index in [4.69, 9.17) is 4.74 Å². The standard InChI is InChI=1S/C32H50N5O6P/c1-32(2,3)43-31(41)37-26(17-23-14-10-7-11-15-23)29(39)36-27(18-24-19-33-21-34-24)30(40)35-25(28(38)20-44(4,5)42)16-22-12-8-6-9-13-22/h7,10-11,14-15,19,21-22,25-28,38H,6,8-9,12-13,16-18,20H2,1-5H3,(H,33,34)(H,35,40)(H,36,39)(H,37,41)/t25-,26-,27-,28-/m0/s1. The van der Waals surface area contributed by atoms with Gasteiger partial charge in [0, 0.05) is 30.9 Å². The molecule has 0 saturated heterocycles. The summed E-state index contributed by atoms with van der Waals surface area (Å²) in [6, 6.07) is 6.55. The fourth-order valence-corrected chi connectivity index (χ4v) is 6.72. The van der Waals surface area contributed by atoms with E-state index in [1.165, 1.54) is 12.7 Å². The van der Waals surface area contributed by atoms with Gasteiger partial charge in [-0.3, -0.25) is 9.59 Å². The van der Waals surface area contributed by atoms with Crippen LogP contribution in [0.25, 0.3) is 0 Å². The zero-order chi connectivity index (χ0) is 32.3. The summed E-state index contributed by atoms with van der Waals surface area (Å²) in [5.74, 6) is -0.702. The number of nitrogens with zero attached hydrogens (tertiary/aromatic N) is 1. The summed E-state index contributed by atoms with van der Waals surface area (Å²) in [6.45, 7) is 8.45. The number of hydrogen-bond donors (Lipinski definition) is 5. The second kappa shape index (κ2) is 16.2. The largest absolute Gasteiger partial charge is 0.444 e. The molecule has 1 aliphatic carbocycles. The molecule has 1 aliphatic rings. The third-order valence-corrected chi connectivity index (χ3v) is 8.89. The molecule has 4 atom stereocenters. The van der Waals surface area contributed by atoms with E-state index in [2.05, 4.69) is 25.9 Å². The average Bonchev–Trinajstić information content (AvgIpc) is 3.44. The number of carbonyl (C=O) groups is 3. The zero-order valence-electron chi connectivity index (χ0n) is 26.7. The highest BCUT2D eigenvalue weighted by Gasteiger charge is 2.33. The van der Waals surface area contributed by atoms with Crippen LogP contribution in [0.3, 0.4) is 0 Å². The first-order chi connectivity index (χ1) is 20.7. The molecule has 1 aromatic carbocycles. The maximum absolute atomic E-state index is 13.9. The summed E-state index contributed by atoms with van der Waals surface area (Å²) in [6.07, 6.45) is 7.67. The van der Waals surface area contributed by atoms with Crippen molar-refractivity contribution in [2.45, 2.75) is 102 Å². The highest BCUT2D eigenvalue weighted by molar-refractivity contribution is 7.62. The molecular weight excluding hydrogens is 581 g/mol. The second-order valence-corrected chi connectivity index (χ2v) is 16.9. The van der Waals surface area contributed by atoms with E-state index in [0.717, 1.165) is 31.2 Å². The summed E-state index contributed by atoms with van der Waals surface area (Å²) in [5.41, 5.74) is 0.675. The van der Waals surface area contributed by atoms with E-state index in [1.54, 1.807) is 40.3 Å². The Kier molecular flexibility index (Phi) is 13.0. The summed E-state index contributed by atoms with van der Waals surface area (Å²) in [5, 5.41) is 19.6. The van der Waals surface area contributed by atoms with Crippen molar-refractivity contribution in [3.05, 3.63) is 54.1 Å². The van der Waals surface area contributed by atoms with Gasteiger partial charge in [-0.25, -0.2) is 9.78 Å². The highest BCUT2D eigenvalue weighted by Crippen LogP contribution is 2.38. The first-order valence-corrected chi connectivity index (χ1v) is 18.3. The number of nitrogens with one attached hydrogen (secondary N) is 4. The quantitative estimate of drug-likeness (QED) is 0.197. The Balaban J connectivity index is 1.83. The fraction of sp³-hybridized carbons (Fsp3) is 0.625. The minimum atomic E-state index is -2.58. The van der Waals surface area contributed by atoms with E-state index >= 15 is 0 Å². The zero-order valence-corrected chi connectivity index (χ0v) is 27.6. The molecule has 5 N–H and O–H groups in total. The van der Waals surface area contributed by atoms with Crippen LogP contribution >= 0.6 is 7.14 Å². The third-order valence-electron chi connectivity index (χ3n) is 7.63. The number of alkyl carbamates (subject to hydrolysis) is 1. The molecule has 0 aliphatic heterocycles. The van der Waals surface area contributed by atoms with Crippen LogP contribution in [-0.4, -0.2) is 82.3 Å². The van der Waals surface area contributed by atoms with Gasteiger partial charge in [-0.1, -0.05) is 62.4 Å². The molecule has 1 aromatic heterocycles. The van der Waals surface area contributed by atoms with Gasteiger partial charge in [-0.2, -0.15) is 0 Å². The molecule has 2 aromatic rings. The summed E-state index contributed by atoms with van der Waals surface area (Å²) in [4.78, 5) is 47.3. The van der Waals surface area contributed by atoms with Crippen LogP contribution < -0.4 is 16.0 Å². The number of aromatic nitrogens is 2. The molecule has 1 fully saturated rings. The van der Waals surface area contributed by atoms with Crippen molar-refractivity contribution in [2.75, 3.05) is 19.5 Å². The molecule has 1 saturated carbocycles. The number of H-pyrrole nitrogens is 1. The number of aliphatic hydroxyl groups is 1. The molecule has 0 radical (unpaired) electrons. The number of benzene rings is 1. The lowest BCUT2D eigenvalue weighted by molar-refractivity contribution is -0.130. The van der Waals surface area contributed by atoms with Gasteiger partial charge in [0.05, 0.1) is 25.6 Å². The van der Waals surface area contributed by atoms with Crippen LogP contribution in [0.15, 0.2) is 42.9 Å². The Hall–Kier alpha value is -3.17. The van der Waals surface area contributed by atoms with E-state index in [9.17, 15) is 24.1 Å². The molecule has 0 bridgehead atoms. The van der Waals surface area contributed by atoms with E-state index in [1.807, 2.05) is 30.3 Å². The van der Waals surface area contributed by atoms with Crippen LogP contribution in [0.4, 0.5) is 4.79 Å². The first-order valence-electron chi connectivity index (χ1n) is 15.5. The molecular formula is C32H50N5O6P. The van der Waals surface area contributed by atoms with Crippen molar-refractivity contribution in [3.63, 3.8) is 0 Å². The topological polar surface area (TPSA) is 163 Å². The van der Waals surface area contributed by atoms with Crippen LogP contribution in [0.5, 0.6) is 0 Å². The summed E-state index contributed by atoms with van der Waals surface area (Å²) in [7, 11) is -2.58. The SMILES string of the molecule is CC(C)(C)OC(=O)N[C@@H](Cc1ccccc1)C(=O)N[C@@H](Cc1cnc[nH]1)C(=O)N[C@@H](CC1CCCCC1)[C@@H](O)CP(C)(C)=O. The van der Waals surface area contributed by atoms with Gasteiger partial charge in [0.25, 0.3) is 0 Å². The molecule has 44 heavy (non-hydrogen) atoms. The molecule has 12 heteroatoms. The molecule has 11 nitrogen and oxygen atoms in total. The Labute approximate surface area is 261 Å². The second-order valence-electron chi connectivity index (χ2n) is 13.4. The molecule has 0 spiro atoms. The van der Waals surface area contributed by atoms with Crippen molar-refractivity contribution in [1.29, 1.82) is 0 Å². The number of aromatic amines is 1. The van der Waals surface area contributed by atoms with E-state index in [0.29, 0.717) is 18.0 Å². The van der Waals surface area contributed by atoms with Crippen LogP contribution in [0.1, 0.15) is 70.6 Å². The minimum Gasteiger partial charge on any atom is -0.444 e. The molecule has 3 rings (SSSR count). The predicted molar refractivity (Wildman–Crippen MR) is 171 cm³/mol. The first kappa shape index (κ1) is 35.3. The Morgan fingerprint density at radius 1 is 1.00 bits per heavy atom. The minimum absolute atomic E-state index is 0.0845. The Bertz CT molecular complexity index is 1240. The van der Waals surface area contributed by atoms with Crippen molar-refractivity contribution < 1.29 is 28.8 Å². The van der Waals surface area contributed by atoms with Gasteiger partial charge in [0.15, 0.2) is 0 Å². The summed E-state index contributed by atoms with van der Waals surface area (Å²) >= 11 is 0. The van der Waals surface area contributed by atoms with E-state index in [-0.39, 0.29) is 19.0 Å². The third kappa shape index (κ3) is 12.8. The smallest absolute Gasteiger partial charge is 0.408 e. The number of amides is 3. The number of hydrogen-bond acceptors (Lipinski definition) is 7. The van der Waals surface area contributed by atoms with Crippen molar-refractivity contribution in [1.82, 2.24) is 25.9 Å². The maximum atomic E-state index is 13.9. The normalized spacial score (nSPS) is 17.1. The number of ether oxygens (including phenoxy) is 1. The summed E-state index contributed by atoms with van der Waals surface area (Å²) < 4.78 is 18.0. The Morgan fingerprint density at radius 3 is 2.23 bits per heavy atom. The van der Waals surface area contributed by atoms with Gasteiger partial charge in [-0.05, 0) is 52.0 Å². The van der Waals surface area contributed by atoms with E-state index < -0.39 is 54.9 Å². The van der Waals surface area contributed by atoms with Crippen LogP contribution in [-0.2, 0) is 31.7 Å². The number of aliphatic hydroxyl groups excluding tert-OH is 1. The maximum Gasteiger partial charge on any atom is 0.408 e. The molecule has 3 amide bonds. The van der Waals surface area contributed by atoms with Gasteiger partial charge in [0.1, 0.15) is 17.7 Å². The lowest BCUT2D eigenvalue weighted by Gasteiger charge is -2.32.